The summed E-state index contributed by atoms with van der Waals surface area (Å²) in [6, 6.07) is 9.37. The third kappa shape index (κ3) is 2.78. The number of carbonyl (C=O) groups excluding carboxylic acids is 2. The Morgan fingerprint density at radius 2 is 2.04 bits per heavy atom. The normalized spacial score (nSPS) is 15.8. The van der Waals surface area contributed by atoms with E-state index in [0.717, 1.165) is 28.3 Å². The Morgan fingerprint density at radius 1 is 1.20 bits per heavy atom. The average molecular weight is 352 g/mol. The summed E-state index contributed by atoms with van der Waals surface area (Å²) in [7, 11) is 1.61. The first-order valence-corrected chi connectivity index (χ1v) is 8.23. The van der Waals surface area contributed by atoms with Crippen molar-refractivity contribution in [3.05, 3.63) is 53.4 Å². The molecule has 0 bridgehead atoms. The van der Waals surface area contributed by atoms with E-state index in [1.807, 2.05) is 24.3 Å². The molecule has 0 spiro atoms. The number of hydrogen-bond donors (Lipinski definition) is 1. The van der Waals surface area contributed by atoms with Crippen molar-refractivity contribution in [2.24, 2.45) is 0 Å². The van der Waals surface area contributed by atoms with Gasteiger partial charge in [0.1, 0.15) is 17.1 Å². The van der Waals surface area contributed by atoms with Crippen LogP contribution in [-0.2, 0) is 4.79 Å². The van der Waals surface area contributed by atoms with E-state index in [1.165, 1.54) is 0 Å². The van der Waals surface area contributed by atoms with Crippen LogP contribution in [0.5, 0.6) is 5.75 Å². The number of hydrogen-bond acceptors (Lipinski definition) is 6. The van der Waals surface area contributed by atoms with E-state index >= 15 is 0 Å². The maximum atomic E-state index is 11.7. The number of imide groups is 1. The van der Waals surface area contributed by atoms with Crippen molar-refractivity contribution in [1.29, 1.82) is 0 Å². The van der Waals surface area contributed by atoms with E-state index in [9.17, 15) is 9.59 Å². The lowest BCUT2D eigenvalue weighted by Gasteiger charge is -2.08. The number of thioether (sulfide) groups is 1. The zero-order chi connectivity index (χ0) is 17.4. The number of methoxy groups -OCH3 is 1. The average Bonchev–Trinajstić information content (AvgIpc) is 3.17. The number of nitrogens with zero attached hydrogens (tertiary/aromatic N) is 1. The standard InChI is InChI=1S/C18H12N2O4S/c1-23-14-5-3-2-4-12(14)13-9-19-8-10-6-11(24-16(10)13)7-15-17(21)20-18(22)25-15/h2-9H,1H3,(H,20,21,22)/b15-7-. The minimum absolute atomic E-state index is 0.302. The Kier molecular flexibility index (Phi) is 3.77. The first-order chi connectivity index (χ1) is 12.2. The highest BCUT2D eigenvalue weighted by Gasteiger charge is 2.25. The zero-order valence-corrected chi connectivity index (χ0v) is 13.9. The molecule has 6 nitrogen and oxygen atoms in total. The molecule has 0 aliphatic carbocycles. The molecule has 3 heterocycles. The number of carbonyl (C=O) groups is 2. The number of aromatic nitrogens is 1. The molecule has 4 rings (SSSR count). The number of ether oxygens (including phenoxy) is 1. The molecule has 0 radical (unpaired) electrons. The highest BCUT2D eigenvalue weighted by molar-refractivity contribution is 8.18. The molecule has 1 aliphatic rings. The van der Waals surface area contributed by atoms with E-state index in [0.29, 0.717) is 22.0 Å². The fraction of sp³-hybridized carbons (Fsp3) is 0.0556. The molecule has 1 saturated heterocycles. The van der Waals surface area contributed by atoms with Gasteiger partial charge >= 0.3 is 0 Å². The summed E-state index contributed by atoms with van der Waals surface area (Å²) in [6.07, 6.45) is 4.95. The fourth-order valence-corrected chi connectivity index (χ4v) is 3.32. The van der Waals surface area contributed by atoms with Crippen molar-refractivity contribution in [3.8, 4) is 16.9 Å². The number of pyridine rings is 1. The molecule has 3 aromatic rings. The molecule has 0 saturated carbocycles. The third-order valence-corrected chi connectivity index (χ3v) is 4.56. The van der Waals surface area contributed by atoms with Gasteiger partial charge in [-0.2, -0.15) is 0 Å². The summed E-state index contributed by atoms with van der Waals surface area (Å²) in [4.78, 5) is 27.5. The Labute approximate surface area is 146 Å². The number of amides is 2. The molecule has 7 heteroatoms. The van der Waals surface area contributed by atoms with Gasteiger partial charge in [0.2, 0.25) is 0 Å². The van der Waals surface area contributed by atoms with Crippen LogP contribution in [-0.4, -0.2) is 23.2 Å². The van der Waals surface area contributed by atoms with Gasteiger partial charge < -0.3 is 9.15 Å². The van der Waals surface area contributed by atoms with Gasteiger partial charge in [0.15, 0.2) is 0 Å². The lowest BCUT2D eigenvalue weighted by Crippen LogP contribution is -2.17. The molecule has 0 unspecified atom stereocenters. The minimum atomic E-state index is -0.418. The maximum Gasteiger partial charge on any atom is 0.290 e. The Bertz CT molecular complexity index is 1040. The van der Waals surface area contributed by atoms with Gasteiger partial charge in [0.25, 0.3) is 11.1 Å². The highest BCUT2D eigenvalue weighted by atomic mass is 32.2. The van der Waals surface area contributed by atoms with Crippen LogP contribution in [0.3, 0.4) is 0 Å². The van der Waals surface area contributed by atoms with Gasteiger partial charge in [-0.15, -0.1) is 0 Å². The van der Waals surface area contributed by atoms with Crippen molar-refractivity contribution in [2.45, 2.75) is 0 Å². The predicted octanol–water partition coefficient (Wildman–Crippen LogP) is 3.83. The summed E-state index contributed by atoms with van der Waals surface area (Å²) in [5.41, 5.74) is 2.29. The second-order valence-electron chi connectivity index (χ2n) is 5.31. The van der Waals surface area contributed by atoms with Crippen LogP contribution in [0.4, 0.5) is 4.79 Å². The Balaban J connectivity index is 1.84. The topological polar surface area (TPSA) is 81.4 Å². The predicted molar refractivity (Wildman–Crippen MR) is 95.1 cm³/mol. The van der Waals surface area contributed by atoms with Crippen LogP contribution < -0.4 is 10.1 Å². The third-order valence-electron chi connectivity index (χ3n) is 3.75. The quantitative estimate of drug-likeness (QED) is 0.722. The number of nitrogens with one attached hydrogen (secondary N) is 1. The minimum Gasteiger partial charge on any atom is -0.496 e. The van der Waals surface area contributed by atoms with Crippen LogP contribution in [0.1, 0.15) is 5.76 Å². The van der Waals surface area contributed by atoms with Crippen LogP contribution in [0.15, 0.2) is 52.0 Å². The number of para-hydroxylation sites is 1. The zero-order valence-electron chi connectivity index (χ0n) is 13.1. The van der Waals surface area contributed by atoms with Crippen molar-refractivity contribution in [1.82, 2.24) is 10.3 Å². The van der Waals surface area contributed by atoms with E-state index in [1.54, 1.807) is 31.6 Å². The summed E-state index contributed by atoms with van der Waals surface area (Å²) < 4.78 is 11.3. The lowest BCUT2D eigenvalue weighted by atomic mass is 10.1. The maximum absolute atomic E-state index is 11.7. The summed E-state index contributed by atoms with van der Waals surface area (Å²) in [5, 5.41) is 2.63. The van der Waals surface area contributed by atoms with Gasteiger partial charge in [0, 0.05) is 35.0 Å². The van der Waals surface area contributed by atoms with Crippen LogP contribution in [0, 0.1) is 0 Å². The van der Waals surface area contributed by atoms with E-state index < -0.39 is 5.91 Å². The smallest absolute Gasteiger partial charge is 0.290 e. The van der Waals surface area contributed by atoms with Gasteiger partial charge in [-0.1, -0.05) is 18.2 Å². The highest BCUT2D eigenvalue weighted by Crippen LogP contribution is 2.36. The van der Waals surface area contributed by atoms with E-state index in [-0.39, 0.29) is 5.24 Å². The summed E-state index contributed by atoms with van der Waals surface area (Å²) >= 11 is 0.851. The van der Waals surface area contributed by atoms with Crippen molar-refractivity contribution in [3.63, 3.8) is 0 Å². The van der Waals surface area contributed by atoms with Gasteiger partial charge in [-0.05, 0) is 23.9 Å². The summed E-state index contributed by atoms with van der Waals surface area (Å²) in [5.74, 6) is 0.773. The molecule has 0 atom stereocenters. The Morgan fingerprint density at radius 3 is 2.80 bits per heavy atom. The lowest BCUT2D eigenvalue weighted by molar-refractivity contribution is -0.115. The molecule has 1 aromatic carbocycles. The second-order valence-corrected chi connectivity index (χ2v) is 6.32. The number of furan rings is 1. The van der Waals surface area contributed by atoms with Crippen molar-refractivity contribution < 1.29 is 18.7 Å². The molecule has 1 N–H and O–H groups in total. The fourth-order valence-electron chi connectivity index (χ4n) is 2.66. The van der Waals surface area contributed by atoms with E-state index in [2.05, 4.69) is 10.3 Å². The first-order valence-electron chi connectivity index (χ1n) is 7.41. The largest absolute Gasteiger partial charge is 0.496 e. The molecule has 124 valence electrons. The van der Waals surface area contributed by atoms with Crippen molar-refractivity contribution in [2.75, 3.05) is 7.11 Å². The summed E-state index contributed by atoms with van der Waals surface area (Å²) in [6.45, 7) is 0. The molecule has 2 amide bonds. The van der Waals surface area contributed by atoms with Crippen LogP contribution >= 0.6 is 11.8 Å². The molecule has 2 aromatic heterocycles. The molecular formula is C18H12N2O4S. The number of rotatable bonds is 3. The Hall–Kier alpha value is -3.06. The van der Waals surface area contributed by atoms with Gasteiger partial charge in [-0.3, -0.25) is 19.9 Å². The number of fused-ring (bicyclic) bond motifs is 1. The van der Waals surface area contributed by atoms with Crippen LogP contribution in [0.2, 0.25) is 0 Å². The molecule has 1 fully saturated rings. The molecule has 1 aliphatic heterocycles. The van der Waals surface area contributed by atoms with Crippen LogP contribution in [0.25, 0.3) is 28.2 Å². The molecular weight excluding hydrogens is 340 g/mol. The van der Waals surface area contributed by atoms with E-state index in [4.69, 9.17) is 9.15 Å². The number of benzene rings is 1. The second kappa shape index (κ2) is 6.10. The first kappa shape index (κ1) is 15.5. The van der Waals surface area contributed by atoms with Gasteiger partial charge in [0.05, 0.1) is 12.0 Å². The van der Waals surface area contributed by atoms with Crippen molar-refractivity contribution >= 4 is 40.0 Å². The SMILES string of the molecule is COc1ccccc1-c1cncc2cc(/C=C3\SC(=O)NC3=O)oc12. The van der Waals surface area contributed by atoms with Gasteiger partial charge in [-0.25, -0.2) is 0 Å². The molecule has 25 heavy (non-hydrogen) atoms. The monoisotopic (exact) mass is 352 g/mol.